The first kappa shape index (κ1) is 20.5. The summed E-state index contributed by atoms with van der Waals surface area (Å²) in [6, 6.07) is 5.79. The number of hydrogen-bond donors (Lipinski definition) is 3. The Labute approximate surface area is 179 Å². The van der Waals surface area contributed by atoms with Gasteiger partial charge >= 0.3 is 0 Å². The number of aromatic nitrogens is 5. The van der Waals surface area contributed by atoms with E-state index in [1.54, 1.807) is 13.1 Å². The number of benzene rings is 1. The van der Waals surface area contributed by atoms with Crippen LogP contribution in [-0.4, -0.2) is 56.2 Å². The number of nitrogens with zero attached hydrogens (tertiary/aromatic N) is 5. The number of amides is 1. The van der Waals surface area contributed by atoms with Gasteiger partial charge in [0.25, 0.3) is 0 Å². The zero-order valence-corrected chi connectivity index (χ0v) is 17.4. The normalized spacial score (nSPS) is 14.9. The molecule has 1 aliphatic heterocycles. The van der Waals surface area contributed by atoms with E-state index < -0.39 is 5.91 Å². The highest BCUT2D eigenvalue weighted by atomic mass is 16.5. The first-order valence-electron chi connectivity index (χ1n) is 9.99. The molecule has 1 amide bonds. The largest absolute Gasteiger partial charge is 0.491 e. The molecule has 0 aliphatic carbocycles. The number of nitrogens with one attached hydrogen (secondary N) is 2. The Morgan fingerprint density at radius 2 is 2.29 bits per heavy atom. The number of rotatable bonds is 7. The number of ether oxygens (including phenoxy) is 1. The van der Waals surface area contributed by atoms with Crippen LogP contribution in [0.3, 0.4) is 0 Å². The van der Waals surface area contributed by atoms with Gasteiger partial charge in [0.05, 0.1) is 23.9 Å². The molecule has 0 spiro atoms. The van der Waals surface area contributed by atoms with Crippen molar-refractivity contribution in [1.29, 1.82) is 5.41 Å². The van der Waals surface area contributed by atoms with Crippen LogP contribution in [0, 0.1) is 18.3 Å². The van der Waals surface area contributed by atoms with Crippen molar-refractivity contribution >= 4 is 18.3 Å². The number of hydrogen-bond acceptors (Lipinski definition) is 7. The van der Waals surface area contributed by atoms with E-state index in [9.17, 15) is 4.79 Å². The number of carbonyl (C=O) groups is 1. The molecule has 10 nitrogen and oxygen atoms in total. The fourth-order valence-electron chi connectivity index (χ4n) is 3.32. The molecule has 0 saturated carbocycles. The summed E-state index contributed by atoms with van der Waals surface area (Å²) < 4.78 is 8.00. The molecule has 2 aromatic heterocycles. The Morgan fingerprint density at radius 3 is 3.00 bits per heavy atom. The SMILES string of the molecule is Cc1nc(-c2cn3c(n2)-c2ccc(C(C=N)C=NCC(C)C(N)=O)cc2OCC3)n[nH]1. The third-order valence-corrected chi connectivity index (χ3v) is 5.13. The van der Waals surface area contributed by atoms with Crippen LogP contribution in [0.4, 0.5) is 0 Å². The molecular weight excluding hydrogens is 396 g/mol. The first-order chi connectivity index (χ1) is 15.0. The van der Waals surface area contributed by atoms with Gasteiger partial charge in [-0.3, -0.25) is 14.9 Å². The fourth-order valence-corrected chi connectivity index (χ4v) is 3.32. The van der Waals surface area contributed by atoms with Crippen molar-refractivity contribution in [2.75, 3.05) is 13.2 Å². The van der Waals surface area contributed by atoms with Gasteiger partial charge in [-0.15, -0.1) is 0 Å². The molecule has 2 atom stereocenters. The predicted molar refractivity (Wildman–Crippen MR) is 117 cm³/mol. The summed E-state index contributed by atoms with van der Waals surface area (Å²) in [5, 5.41) is 14.8. The minimum Gasteiger partial charge on any atom is -0.491 e. The number of imidazole rings is 1. The second kappa shape index (κ2) is 8.50. The smallest absolute Gasteiger partial charge is 0.222 e. The van der Waals surface area contributed by atoms with Crippen LogP contribution >= 0.6 is 0 Å². The molecule has 160 valence electrons. The highest BCUT2D eigenvalue weighted by Gasteiger charge is 2.21. The standard InChI is InChI=1S/C21H24N8O2/c1-12(19(23)30)9-24-10-15(8-22)14-3-4-16-18(7-14)31-6-5-29-11-17(26-21(16)29)20-25-13(2)27-28-20/h3-4,7-8,10-12,15,22H,5-6,9H2,1-2H3,(H2,23,30)(H,25,27,28). The number of nitrogens with two attached hydrogens (primary N) is 1. The Morgan fingerprint density at radius 1 is 1.45 bits per heavy atom. The van der Waals surface area contributed by atoms with Gasteiger partial charge in [0, 0.05) is 25.2 Å². The van der Waals surface area contributed by atoms with Crippen molar-refractivity contribution in [3.05, 3.63) is 35.8 Å². The third-order valence-electron chi connectivity index (χ3n) is 5.13. The summed E-state index contributed by atoms with van der Waals surface area (Å²) in [6.45, 7) is 5.01. The second-order valence-corrected chi connectivity index (χ2v) is 7.50. The third kappa shape index (κ3) is 4.23. The topological polar surface area (TPSA) is 148 Å². The Kier molecular flexibility index (Phi) is 5.61. The lowest BCUT2D eigenvalue weighted by Crippen LogP contribution is -2.22. The van der Waals surface area contributed by atoms with Gasteiger partial charge in [0.2, 0.25) is 11.7 Å². The first-order valence-corrected chi connectivity index (χ1v) is 9.99. The maximum atomic E-state index is 11.2. The highest BCUT2D eigenvalue weighted by molar-refractivity contribution is 5.89. The van der Waals surface area contributed by atoms with Crippen LogP contribution in [0.1, 0.15) is 24.2 Å². The minimum atomic E-state index is -0.392. The molecule has 31 heavy (non-hydrogen) atoms. The van der Waals surface area contributed by atoms with E-state index in [0.717, 1.165) is 22.8 Å². The summed E-state index contributed by atoms with van der Waals surface area (Å²) in [6.07, 6.45) is 4.90. The molecule has 1 aromatic carbocycles. The summed E-state index contributed by atoms with van der Waals surface area (Å²) in [7, 11) is 0. The molecule has 0 saturated heterocycles. The number of aliphatic imine (C=N–C) groups is 1. The number of aryl methyl sites for hydroxylation is 1. The van der Waals surface area contributed by atoms with E-state index in [2.05, 4.69) is 20.2 Å². The minimum absolute atomic E-state index is 0.294. The van der Waals surface area contributed by atoms with Crippen molar-refractivity contribution in [2.45, 2.75) is 26.3 Å². The van der Waals surface area contributed by atoms with Gasteiger partial charge in [-0.1, -0.05) is 13.0 Å². The highest BCUT2D eigenvalue weighted by Crippen LogP contribution is 2.35. The van der Waals surface area contributed by atoms with Gasteiger partial charge in [-0.05, 0) is 24.6 Å². The Balaban J connectivity index is 1.62. The van der Waals surface area contributed by atoms with Gasteiger partial charge in [0.1, 0.15) is 29.7 Å². The molecular formula is C21H24N8O2. The van der Waals surface area contributed by atoms with Crippen molar-refractivity contribution in [2.24, 2.45) is 16.6 Å². The summed E-state index contributed by atoms with van der Waals surface area (Å²) in [5.74, 6) is 1.70. The van der Waals surface area contributed by atoms with E-state index in [1.807, 2.05) is 35.9 Å². The quantitative estimate of drug-likeness (QED) is 0.500. The molecule has 0 bridgehead atoms. The number of primary amides is 1. The maximum absolute atomic E-state index is 11.2. The molecule has 2 unspecified atom stereocenters. The molecule has 4 rings (SSSR count). The van der Waals surface area contributed by atoms with Crippen molar-refractivity contribution in [3.63, 3.8) is 0 Å². The lowest BCUT2D eigenvalue weighted by molar-refractivity contribution is -0.120. The van der Waals surface area contributed by atoms with Crippen molar-refractivity contribution in [3.8, 4) is 28.7 Å². The number of H-pyrrole nitrogens is 1. The van der Waals surface area contributed by atoms with Crippen LogP contribution in [0.2, 0.25) is 0 Å². The summed E-state index contributed by atoms with van der Waals surface area (Å²) in [4.78, 5) is 24.6. The lowest BCUT2D eigenvalue weighted by atomic mass is 9.99. The molecule has 0 radical (unpaired) electrons. The zero-order chi connectivity index (χ0) is 22.0. The fraction of sp³-hybridized carbons (Fsp3) is 0.333. The van der Waals surface area contributed by atoms with Crippen LogP contribution < -0.4 is 10.5 Å². The van der Waals surface area contributed by atoms with E-state index >= 15 is 0 Å². The monoisotopic (exact) mass is 420 g/mol. The van der Waals surface area contributed by atoms with Crippen molar-refractivity contribution in [1.82, 2.24) is 24.7 Å². The van der Waals surface area contributed by atoms with Crippen molar-refractivity contribution < 1.29 is 9.53 Å². The Hall–Kier alpha value is -3.82. The summed E-state index contributed by atoms with van der Waals surface area (Å²) in [5.41, 5.74) is 7.71. The lowest BCUT2D eigenvalue weighted by Gasteiger charge is -2.12. The molecule has 10 heteroatoms. The van der Waals surface area contributed by atoms with Gasteiger partial charge in [-0.2, -0.15) is 5.10 Å². The second-order valence-electron chi connectivity index (χ2n) is 7.50. The van der Waals surface area contributed by atoms with Gasteiger partial charge < -0.3 is 20.4 Å². The average molecular weight is 420 g/mol. The number of carbonyl (C=O) groups excluding carboxylic acids is 1. The zero-order valence-electron chi connectivity index (χ0n) is 17.4. The van der Waals surface area contributed by atoms with Crippen LogP contribution in [0.5, 0.6) is 5.75 Å². The van der Waals surface area contributed by atoms with E-state index in [1.165, 1.54) is 6.21 Å². The molecule has 1 aliphatic rings. The molecule has 4 N–H and O–H groups in total. The Bertz CT molecular complexity index is 1150. The molecule has 0 fully saturated rings. The van der Waals surface area contributed by atoms with E-state index in [-0.39, 0.29) is 11.8 Å². The van der Waals surface area contributed by atoms with Crippen LogP contribution in [0.15, 0.2) is 29.4 Å². The van der Waals surface area contributed by atoms with Crippen LogP contribution in [0.25, 0.3) is 22.9 Å². The molecule has 3 aromatic rings. The predicted octanol–water partition coefficient (Wildman–Crippen LogP) is 1.96. The van der Waals surface area contributed by atoms with Gasteiger partial charge in [-0.25, -0.2) is 9.97 Å². The number of aromatic amines is 1. The van der Waals surface area contributed by atoms with Gasteiger partial charge in [0.15, 0.2) is 0 Å². The number of fused-ring (bicyclic) bond motifs is 3. The van der Waals surface area contributed by atoms with E-state index in [4.69, 9.17) is 20.9 Å². The van der Waals surface area contributed by atoms with E-state index in [0.29, 0.717) is 37.0 Å². The summed E-state index contributed by atoms with van der Waals surface area (Å²) >= 11 is 0. The molecule has 3 heterocycles. The maximum Gasteiger partial charge on any atom is 0.222 e. The average Bonchev–Trinajstić information content (AvgIpc) is 3.33. The van der Waals surface area contributed by atoms with Crippen LogP contribution in [-0.2, 0) is 11.3 Å².